The summed E-state index contributed by atoms with van der Waals surface area (Å²) in [7, 11) is 0. The van der Waals surface area contributed by atoms with Crippen LogP contribution in [0.5, 0.6) is 5.75 Å². The molecule has 2 heterocycles. The van der Waals surface area contributed by atoms with Crippen LogP contribution in [0.15, 0.2) is 60.0 Å². The molecule has 4 rings (SSSR count). The molecule has 1 amide bonds. The summed E-state index contributed by atoms with van der Waals surface area (Å²) >= 11 is 1.80. The lowest BCUT2D eigenvalue weighted by Crippen LogP contribution is -2.29. The number of benzene rings is 2. The van der Waals surface area contributed by atoms with Crippen LogP contribution in [0.4, 0.5) is 20.2 Å². The summed E-state index contributed by atoms with van der Waals surface area (Å²) in [4.78, 5) is 16.2. The number of nitrogens with one attached hydrogen (secondary N) is 1. The number of para-hydroxylation sites is 1. The molecule has 0 unspecified atom stereocenters. The van der Waals surface area contributed by atoms with Crippen LogP contribution in [-0.4, -0.2) is 19.1 Å². The minimum Gasteiger partial charge on any atom is -0.434 e. The van der Waals surface area contributed by atoms with Gasteiger partial charge >= 0.3 is 6.61 Å². The number of anilines is 2. The first kappa shape index (κ1) is 18.4. The Morgan fingerprint density at radius 3 is 2.68 bits per heavy atom. The van der Waals surface area contributed by atoms with Crippen molar-refractivity contribution >= 4 is 28.6 Å². The Balaban J connectivity index is 1.45. The van der Waals surface area contributed by atoms with Gasteiger partial charge in [0.2, 0.25) is 0 Å². The number of rotatable bonds is 5. The predicted octanol–water partition coefficient (Wildman–Crippen LogP) is 5.16. The van der Waals surface area contributed by atoms with Crippen molar-refractivity contribution in [2.45, 2.75) is 19.6 Å². The molecule has 0 saturated carbocycles. The van der Waals surface area contributed by atoms with Crippen molar-refractivity contribution in [3.63, 3.8) is 0 Å². The lowest BCUT2D eigenvalue weighted by molar-refractivity contribution is -0.0501. The monoisotopic (exact) mass is 400 g/mol. The zero-order valence-electron chi connectivity index (χ0n) is 14.9. The van der Waals surface area contributed by atoms with Crippen LogP contribution in [0.1, 0.15) is 20.8 Å². The fourth-order valence-corrected chi connectivity index (χ4v) is 4.17. The summed E-state index contributed by atoms with van der Waals surface area (Å²) in [6, 6.07) is 15.6. The Kier molecular flexibility index (Phi) is 5.25. The topological polar surface area (TPSA) is 41.6 Å². The van der Waals surface area contributed by atoms with Gasteiger partial charge in [0.15, 0.2) is 0 Å². The largest absolute Gasteiger partial charge is 0.434 e. The molecular formula is C21H18F2N2O2S. The van der Waals surface area contributed by atoms with Crippen LogP contribution < -0.4 is 15.0 Å². The third kappa shape index (κ3) is 3.99. The molecule has 1 N–H and O–H groups in total. The number of carbonyl (C=O) groups is 1. The summed E-state index contributed by atoms with van der Waals surface area (Å²) in [5.74, 6) is -0.642. The minimum atomic E-state index is -2.98. The minimum absolute atomic E-state index is 0.0629. The van der Waals surface area contributed by atoms with E-state index in [1.807, 2.05) is 24.3 Å². The van der Waals surface area contributed by atoms with E-state index in [1.54, 1.807) is 23.5 Å². The number of ether oxygens (including phenoxy) is 1. The molecule has 0 bridgehead atoms. The first-order chi connectivity index (χ1) is 13.6. The highest BCUT2D eigenvalue weighted by molar-refractivity contribution is 7.10. The summed E-state index contributed by atoms with van der Waals surface area (Å²) in [6.45, 7) is -1.15. The van der Waals surface area contributed by atoms with Crippen molar-refractivity contribution in [3.8, 4) is 5.75 Å². The molecule has 0 saturated heterocycles. The number of nitrogens with zero attached hydrogens (tertiary/aromatic N) is 1. The van der Waals surface area contributed by atoms with Gasteiger partial charge in [-0.3, -0.25) is 4.79 Å². The lowest BCUT2D eigenvalue weighted by atomic mass is 10.1. The van der Waals surface area contributed by atoms with E-state index in [0.717, 1.165) is 25.2 Å². The van der Waals surface area contributed by atoms with Crippen LogP contribution in [0, 0.1) is 0 Å². The zero-order chi connectivity index (χ0) is 19.5. The van der Waals surface area contributed by atoms with Crippen LogP contribution in [0.2, 0.25) is 0 Å². The molecule has 1 aromatic heterocycles. The summed E-state index contributed by atoms with van der Waals surface area (Å²) < 4.78 is 29.5. The number of thiophene rings is 1. The number of amides is 1. The first-order valence-electron chi connectivity index (χ1n) is 8.85. The van der Waals surface area contributed by atoms with E-state index in [9.17, 15) is 13.6 Å². The van der Waals surface area contributed by atoms with Crippen molar-refractivity contribution in [1.82, 2.24) is 0 Å². The normalized spacial score (nSPS) is 13.3. The molecule has 0 radical (unpaired) electrons. The number of halogens is 2. The quantitative estimate of drug-likeness (QED) is 0.643. The average Bonchev–Trinajstić information content (AvgIpc) is 3.16. The predicted molar refractivity (Wildman–Crippen MR) is 107 cm³/mol. The lowest BCUT2D eigenvalue weighted by Gasteiger charge is -2.29. The van der Waals surface area contributed by atoms with Gasteiger partial charge in [-0.2, -0.15) is 8.78 Å². The van der Waals surface area contributed by atoms with E-state index in [0.29, 0.717) is 5.69 Å². The van der Waals surface area contributed by atoms with Crippen LogP contribution in [0.25, 0.3) is 0 Å². The van der Waals surface area contributed by atoms with Crippen molar-refractivity contribution in [1.29, 1.82) is 0 Å². The summed E-state index contributed by atoms with van der Waals surface area (Å²) in [5, 5.41) is 4.86. The number of alkyl halides is 2. The second-order valence-electron chi connectivity index (χ2n) is 6.42. The number of hydrogen-bond acceptors (Lipinski definition) is 4. The van der Waals surface area contributed by atoms with Crippen molar-refractivity contribution in [2.24, 2.45) is 0 Å². The fraction of sp³-hybridized carbons (Fsp3) is 0.190. The Morgan fingerprint density at radius 1 is 1.11 bits per heavy atom. The molecule has 7 heteroatoms. The van der Waals surface area contributed by atoms with E-state index in [1.165, 1.54) is 22.6 Å². The molecule has 3 aromatic rings. The number of fused-ring (bicyclic) bond motifs is 1. The summed E-state index contributed by atoms with van der Waals surface area (Å²) in [5.41, 5.74) is 3.10. The van der Waals surface area contributed by atoms with E-state index < -0.39 is 12.5 Å². The molecular weight excluding hydrogens is 382 g/mol. The second kappa shape index (κ2) is 7.98. The summed E-state index contributed by atoms with van der Waals surface area (Å²) in [6.07, 6.45) is 1.03. The van der Waals surface area contributed by atoms with Gasteiger partial charge in [-0.25, -0.2) is 0 Å². The van der Waals surface area contributed by atoms with E-state index in [2.05, 4.69) is 26.4 Å². The number of carbonyl (C=O) groups excluding carboxylic acids is 1. The molecule has 28 heavy (non-hydrogen) atoms. The van der Waals surface area contributed by atoms with Crippen LogP contribution in [-0.2, 0) is 13.0 Å². The Bertz CT molecular complexity index is 973. The second-order valence-corrected chi connectivity index (χ2v) is 7.42. The highest BCUT2D eigenvalue weighted by atomic mass is 32.1. The molecule has 0 fully saturated rings. The van der Waals surface area contributed by atoms with E-state index >= 15 is 0 Å². The highest BCUT2D eigenvalue weighted by Crippen LogP contribution is 2.29. The fourth-order valence-electron chi connectivity index (χ4n) is 3.28. The third-order valence-corrected chi connectivity index (χ3v) is 5.67. The Labute approximate surface area is 165 Å². The maximum Gasteiger partial charge on any atom is 0.387 e. The van der Waals surface area contributed by atoms with Crippen LogP contribution >= 0.6 is 11.3 Å². The van der Waals surface area contributed by atoms with Crippen molar-refractivity contribution in [3.05, 3.63) is 76.0 Å². The zero-order valence-corrected chi connectivity index (χ0v) is 15.7. The average molecular weight is 400 g/mol. The molecule has 1 aliphatic heterocycles. The van der Waals surface area contributed by atoms with Crippen LogP contribution in [0.3, 0.4) is 0 Å². The molecule has 4 nitrogen and oxygen atoms in total. The molecule has 144 valence electrons. The Hall–Kier alpha value is -2.93. The molecule has 0 spiro atoms. The maximum atomic E-state index is 12.5. The Morgan fingerprint density at radius 2 is 1.89 bits per heavy atom. The highest BCUT2D eigenvalue weighted by Gasteiger charge is 2.18. The van der Waals surface area contributed by atoms with Crippen molar-refractivity contribution < 1.29 is 18.3 Å². The van der Waals surface area contributed by atoms with Gasteiger partial charge in [-0.15, -0.1) is 11.3 Å². The first-order valence-corrected chi connectivity index (χ1v) is 9.73. The van der Waals surface area contributed by atoms with Gasteiger partial charge < -0.3 is 15.0 Å². The standard InChI is InChI=1S/C21H18F2N2O2S/c22-21(23)27-18-4-2-1-3-17(18)20(26)24-15-5-7-16(8-6-15)25-11-9-19-14(13-25)10-12-28-19/h1-8,10,12,21H,9,11,13H2,(H,24,26). The molecule has 0 atom stereocenters. The van der Waals surface area contributed by atoms with Gasteiger partial charge in [-0.1, -0.05) is 12.1 Å². The van der Waals surface area contributed by atoms with Gasteiger partial charge in [0.1, 0.15) is 5.75 Å². The third-order valence-electron chi connectivity index (χ3n) is 4.65. The smallest absolute Gasteiger partial charge is 0.387 e. The SMILES string of the molecule is O=C(Nc1ccc(N2CCc3sccc3C2)cc1)c1ccccc1OC(F)F. The molecule has 2 aromatic carbocycles. The van der Waals surface area contributed by atoms with E-state index in [4.69, 9.17) is 0 Å². The molecule has 1 aliphatic rings. The van der Waals surface area contributed by atoms with Gasteiger partial charge in [0.25, 0.3) is 5.91 Å². The van der Waals surface area contributed by atoms with Crippen molar-refractivity contribution in [2.75, 3.05) is 16.8 Å². The maximum absolute atomic E-state index is 12.5. The van der Waals surface area contributed by atoms with Gasteiger partial charge in [-0.05, 0) is 59.8 Å². The van der Waals surface area contributed by atoms with Gasteiger partial charge in [0.05, 0.1) is 5.56 Å². The van der Waals surface area contributed by atoms with E-state index in [-0.39, 0.29) is 11.3 Å². The van der Waals surface area contributed by atoms with Gasteiger partial charge in [0, 0.05) is 29.3 Å². The number of hydrogen-bond donors (Lipinski definition) is 1. The molecule has 0 aliphatic carbocycles.